The van der Waals surface area contributed by atoms with Crippen LogP contribution in [0.3, 0.4) is 0 Å². The monoisotopic (exact) mass is 442 g/mol. The smallest absolute Gasteiger partial charge is 0.475 e. The van der Waals surface area contributed by atoms with Crippen LogP contribution in [-0.4, -0.2) is 70.4 Å². The van der Waals surface area contributed by atoms with Crippen LogP contribution in [-0.2, 0) is 26.2 Å². The Kier molecular flexibility index (Phi) is 7.34. The van der Waals surface area contributed by atoms with Gasteiger partial charge in [-0.25, -0.2) is 13.2 Å². The zero-order valence-electron chi connectivity index (χ0n) is 15.1. The minimum absolute atomic E-state index is 0.0852. The molecular weight excluding hydrogens is 421 g/mol. The van der Waals surface area contributed by atoms with Crippen molar-refractivity contribution in [2.75, 3.05) is 24.6 Å². The van der Waals surface area contributed by atoms with Crippen molar-refractivity contribution in [1.29, 1.82) is 0 Å². The van der Waals surface area contributed by atoms with Gasteiger partial charge in [0.15, 0.2) is 0 Å². The summed E-state index contributed by atoms with van der Waals surface area (Å²) in [6.07, 6.45) is -0.368. The van der Waals surface area contributed by atoms with Gasteiger partial charge in [-0.15, -0.1) is 11.8 Å². The maximum Gasteiger partial charge on any atom is 0.490 e. The molecule has 3 heterocycles. The van der Waals surface area contributed by atoms with Crippen molar-refractivity contribution in [3.63, 3.8) is 0 Å². The summed E-state index contributed by atoms with van der Waals surface area (Å²) in [4.78, 5) is 13.0. The molecule has 0 aromatic carbocycles. The number of carboxylic acids is 1. The van der Waals surface area contributed by atoms with Crippen LogP contribution in [0.25, 0.3) is 0 Å². The Morgan fingerprint density at radius 1 is 1.46 bits per heavy atom. The molecule has 1 N–H and O–H groups in total. The van der Waals surface area contributed by atoms with Crippen molar-refractivity contribution < 1.29 is 36.2 Å². The number of carbonyl (C=O) groups is 1. The average molecular weight is 442 g/mol. The molecule has 12 heteroatoms. The van der Waals surface area contributed by atoms with Crippen LogP contribution >= 0.6 is 11.8 Å². The zero-order chi connectivity index (χ0) is 21.0. The van der Waals surface area contributed by atoms with Gasteiger partial charge >= 0.3 is 12.1 Å². The number of thioether (sulfide) groups is 1. The van der Waals surface area contributed by atoms with E-state index in [9.17, 15) is 21.6 Å². The summed E-state index contributed by atoms with van der Waals surface area (Å²) in [6.45, 7) is 3.55. The third-order valence-electron chi connectivity index (χ3n) is 4.31. The molecule has 1 aromatic heterocycles. The van der Waals surface area contributed by atoms with Crippen molar-refractivity contribution in [1.82, 2.24) is 9.29 Å². The van der Waals surface area contributed by atoms with E-state index in [2.05, 4.69) is 4.98 Å². The number of aromatic nitrogens is 1. The Hall–Kier alpha value is -1.37. The van der Waals surface area contributed by atoms with Gasteiger partial charge in [0.25, 0.3) is 0 Å². The molecule has 1 unspecified atom stereocenters. The second-order valence-corrected chi connectivity index (χ2v) is 10.2. The molecule has 0 radical (unpaired) electrons. The van der Waals surface area contributed by atoms with E-state index in [-0.39, 0.29) is 16.6 Å². The molecule has 2 saturated heterocycles. The van der Waals surface area contributed by atoms with Gasteiger partial charge in [-0.3, -0.25) is 4.98 Å². The molecule has 2 aliphatic heterocycles. The van der Waals surface area contributed by atoms with Crippen LogP contribution in [0.2, 0.25) is 0 Å². The number of pyridine rings is 1. The second kappa shape index (κ2) is 8.97. The lowest BCUT2D eigenvalue weighted by atomic mass is 9.95. The fraction of sp³-hybridized carbons (Fsp3) is 0.625. The number of hydrogen-bond donors (Lipinski definition) is 1. The van der Waals surface area contributed by atoms with Gasteiger partial charge in [-0.1, -0.05) is 6.07 Å². The highest BCUT2D eigenvalue weighted by Crippen LogP contribution is 2.47. The number of halogens is 3. The highest BCUT2D eigenvalue weighted by Gasteiger charge is 2.52. The van der Waals surface area contributed by atoms with Crippen molar-refractivity contribution >= 4 is 27.8 Å². The number of carboxylic acid groups (broad SMARTS) is 1. The summed E-state index contributed by atoms with van der Waals surface area (Å²) in [5.74, 6) is -1.62. The van der Waals surface area contributed by atoms with Gasteiger partial charge in [-0.2, -0.15) is 17.5 Å². The predicted molar refractivity (Wildman–Crippen MR) is 97.3 cm³/mol. The van der Waals surface area contributed by atoms with Gasteiger partial charge in [0.2, 0.25) is 10.0 Å². The van der Waals surface area contributed by atoms with Gasteiger partial charge in [0.1, 0.15) is 0 Å². The molecule has 0 aliphatic carbocycles. The molecular formula is C16H21F3N2O5S2. The highest BCUT2D eigenvalue weighted by atomic mass is 32.2. The van der Waals surface area contributed by atoms with E-state index in [4.69, 9.17) is 14.6 Å². The first-order chi connectivity index (χ1) is 13.0. The van der Waals surface area contributed by atoms with Crippen LogP contribution in [0.1, 0.15) is 18.9 Å². The molecule has 3 rings (SSSR count). The maximum atomic E-state index is 11.8. The summed E-state index contributed by atoms with van der Waals surface area (Å²) in [5, 5.41) is 7.12. The van der Waals surface area contributed by atoms with Crippen LogP contribution in [0.5, 0.6) is 0 Å². The lowest BCUT2D eigenvalue weighted by Crippen LogP contribution is -2.60. The number of nitrogens with zero attached hydrogens (tertiary/aromatic N) is 2. The van der Waals surface area contributed by atoms with E-state index >= 15 is 0 Å². The first-order valence-corrected chi connectivity index (χ1v) is 11.0. The van der Waals surface area contributed by atoms with Crippen molar-refractivity contribution in [3.05, 3.63) is 30.1 Å². The molecule has 1 atom stereocenters. The number of rotatable bonds is 5. The molecule has 1 aromatic rings. The number of ether oxygens (including phenoxy) is 1. The topological polar surface area (TPSA) is 96.8 Å². The third-order valence-corrected chi connectivity index (χ3v) is 7.66. The Morgan fingerprint density at radius 2 is 2.11 bits per heavy atom. The minimum Gasteiger partial charge on any atom is -0.475 e. The van der Waals surface area contributed by atoms with Crippen LogP contribution in [0.15, 0.2) is 24.5 Å². The standard InChI is InChI=1S/C14H20N2O3S2.C2HF3O2/c1-2-21(17,18)16-10-14(11-16)6-13(9-20-14)19-8-12-4-3-5-15-7-12;3-2(4,5)1(6)7/h3-5,7,13H,2,6,8-11H2,1H3;(H,6,7). The molecule has 28 heavy (non-hydrogen) atoms. The second-order valence-electron chi connectivity index (χ2n) is 6.46. The van der Waals surface area contributed by atoms with Gasteiger partial charge in [-0.05, 0) is 25.0 Å². The normalized spacial score (nSPS) is 21.6. The van der Waals surface area contributed by atoms with Crippen molar-refractivity contribution in [3.8, 4) is 0 Å². The molecule has 7 nitrogen and oxygen atoms in total. The van der Waals surface area contributed by atoms with Crippen molar-refractivity contribution in [2.24, 2.45) is 0 Å². The number of sulfonamides is 1. The summed E-state index contributed by atoms with van der Waals surface area (Å²) in [6, 6.07) is 3.91. The van der Waals surface area contributed by atoms with Gasteiger partial charge in [0, 0.05) is 36.0 Å². The molecule has 0 bridgehead atoms. The summed E-state index contributed by atoms with van der Waals surface area (Å²) in [7, 11) is -3.03. The Morgan fingerprint density at radius 3 is 2.61 bits per heavy atom. The van der Waals surface area contributed by atoms with E-state index in [0.717, 1.165) is 17.7 Å². The fourth-order valence-electron chi connectivity index (χ4n) is 2.80. The van der Waals surface area contributed by atoms with E-state index in [1.54, 1.807) is 17.4 Å². The van der Waals surface area contributed by atoms with E-state index in [0.29, 0.717) is 19.7 Å². The van der Waals surface area contributed by atoms with Gasteiger partial charge in [0.05, 0.1) is 18.5 Å². The van der Waals surface area contributed by atoms with Crippen molar-refractivity contribution in [2.45, 2.75) is 37.0 Å². The average Bonchev–Trinajstić information content (AvgIpc) is 3.04. The van der Waals surface area contributed by atoms with Gasteiger partial charge < -0.3 is 9.84 Å². The van der Waals surface area contributed by atoms with E-state index in [1.165, 1.54) is 0 Å². The summed E-state index contributed by atoms with van der Waals surface area (Å²) in [5.41, 5.74) is 1.08. The first-order valence-electron chi connectivity index (χ1n) is 8.40. The SMILES string of the molecule is CCS(=O)(=O)N1CC2(CC(OCc3cccnc3)CS2)C1.O=C(O)C(F)(F)F. The third kappa shape index (κ3) is 6.06. The minimum atomic E-state index is -5.08. The zero-order valence-corrected chi connectivity index (χ0v) is 16.7. The predicted octanol–water partition coefficient (Wildman–Crippen LogP) is 2.14. The maximum absolute atomic E-state index is 11.8. The molecule has 1 spiro atoms. The Labute approximate surface area is 165 Å². The number of hydrogen-bond acceptors (Lipinski definition) is 6. The van der Waals surface area contributed by atoms with E-state index < -0.39 is 22.2 Å². The first kappa shape index (κ1) is 22.9. The highest BCUT2D eigenvalue weighted by molar-refractivity contribution is 8.01. The summed E-state index contributed by atoms with van der Waals surface area (Å²) < 4.78 is 62.9. The molecule has 0 saturated carbocycles. The van der Waals surface area contributed by atoms with Crippen LogP contribution in [0, 0.1) is 0 Å². The Balaban J connectivity index is 0.000000345. The molecule has 2 aliphatic rings. The molecule has 158 valence electrons. The largest absolute Gasteiger partial charge is 0.490 e. The number of aliphatic carboxylic acids is 1. The molecule has 2 fully saturated rings. The summed E-state index contributed by atoms with van der Waals surface area (Å²) >= 11 is 1.86. The lowest BCUT2D eigenvalue weighted by Gasteiger charge is -2.46. The molecule has 0 amide bonds. The Bertz CT molecular complexity index is 768. The lowest BCUT2D eigenvalue weighted by molar-refractivity contribution is -0.192. The fourth-order valence-corrected chi connectivity index (χ4v) is 5.77. The quantitative estimate of drug-likeness (QED) is 0.746. The number of alkyl halides is 3. The van der Waals surface area contributed by atoms with Crippen LogP contribution in [0.4, 0.5) is 13.2 Å². The van der Waals surface area contributed by atoms with Crippen LogP contribution < -0.4 is 0 Å². The van der Waals surface area contributed by atoms with E-state index in [1.807, 2.05) is 30.1 Å².